The molecule has 0 fully saturated rings. The smallest absolute Gasteiger partial charge is 0.269 e. The quantitative estimate of drug-likeness (QED) is 0.275. The van der Waals surface area contributed by atoms with Crippen LogP contribution >= 0.6 is 11.8 Å². The van der Waals surface area contributed by atoms with Gasteiger partial charge >= 0.3 is 6.55 Å². The molecule has 0 aliphatic rings. The fourth-order valence-corrected chi connectivity index (χ4v) is 4.48. The number of alkyl halides is 2. The largest absolute Gasteiger partial charge is 0.320 e. The number of imidazole rings is 1. The van der Waals surface area contributed by atoms with Crippen LogP contribution in [0.3, 0.4) is 0 Å². The lowest BCUT2D eigenvalue weighted by molar-refractivity contribution is 0.0722. The number of thioether (sulfide) groups is 1. The van der Waals surface area contributed by atoms with E-state index in [1.807, 2.05) is 13.0 Å². The van der Waals surface area contributed by atoms with E-state index in [4.69, 9.17) is 0 Å². The second-order valence-corrected chi connectivity index (χ2v) is 8.14. The van der Waals surface area contributed by atoms with E-state index in [-0.39, 0.29) is 17.1 Å². The van der Waals surface area contributed by atoms with Crippen LogP contribution in [-0.4, -0.2) is 24.1 Å². The standard InChI is InChI=1S/C23H17F2N5OS/c1-14-10-11-19(26-12-14)30-21(31)15-6-2-3-7-16(15)28-23(30)32-13-20-27-17-8-4-5-9-18(17)29(20)22(24)25/h2-12,22H,13H2,1H3. The van der Waals surface area contributed by atoms with E-state index >= 15 is 0 Å². The van der Waals surface area contributed by atoms with Crippen LogP contribution in [0, 0.1) is 6.92 Å². The summed E-state index contributed by atoms with van der Waals surface area (Å²) >= 11 is 1.17. The van der Waals surface area contributed by atoms with Crippen molar-refractivity contribution in [2.45, 2.75) is 24.4 Å². The molecule has 0 aliphatic heterocycles. The van der Waals surface area contributed by atoms with Crippen LogP contribution in [0.4, 0.5) is 8.78 Å². The number of nitrogens with zero attached hydrogens (tertiary/aromatic N) is 5. The average Bonchev–Trinajstić information content (AvgIpc) is 3.17. The van der Waals surface area contributed by atoms with Crippen molar-refractivity contribution in [2.75, 3.05) is 0 Å². The van der Waals surface area contributed by atoms with E-state index in [0.717, 1.165) is 10.1 Å². The Labute approximate surface area is 185 Å². The molecule has 2 aromatic carbocycles. The minimum absolute atomic E-state index is 0.107. The molecule has 0 bridgehead atoms. The van der Waals surface area contributed by atoms with E-state index < -0.39 is 6.55 Å². The molecule has 0 aliphatic carbocycles. The highest BCUT2D eigenvalue weighted by Gasteiger charge is 2.20. The number of hydrogen-bond acceptors (Lipinski definition) is 5. The lowest BCUT2D eigenvalue weighted by Gasteiger charge is -2.13. The van der Waals surface area contributed by atoms with E-state index in [0.29, 0.717) is 32.9 Å². The predicted octanol–water partition coefficient (Wildman–Crippen LogP) is 5.13. The van der Waals surface area contributed by atoms with Crippen molar-refractivity contribution in [3.8, 4) is 5.82 Å². The zero-order valence-corrected chi connectivity index (χ0v) is 17.8. The van der Waals surface area contributed by atoms with Crippen molar-refractivity contribution in [3.05, 3.63) is 88.6 Å². The number of rotatable bonds is 5. The Balaban J connectivity index is 1.62. The molecule has 160 valence electrons. The molecular weight excluding hydrogens is 432 g/mol. The zero-order chi connectivity index (χ0) is 22.2. The molecule has 3 aromatic heterocycles. The summed E-state index contributed by atoms with van der Waals surface area (Å²) < 4.78 is 29.9. The predicted molar refractivity (Wildman–Crippen MR) is 120 cm³/mol. The summed E-state index contributed by atoms with van der Waals surface area (Å²) in [5.74, 6) is 0.732. The van der Waals surface area contributed by atoms with Crippen molar-refractivity contribution in [2.24, 2.45) is 0 Å². The van der Waals surface area contributed by atoms with Crippen LogP contribution in [0.1, 0.15) is 17.9 Å². The summed E-state index contributed by atoms with van der Waals surface area (Å²) in [5, 5.41) is 0.817. The number of para-hydroxylation sites is 3. The van der Waals surface area contributed by atoms with E-state index in [1.165, 1.54) is 16.3 Å². The van der Waals surface area contributed by atoms with Gasteiger partial charge in [0, 0.05) is 6.20 Å². The van der Waals surface area contributed by atoms with Crippen LogP contribution < -0.4 is 5.56 Å². The topological polar surface area (TPSA) is 65.6 Å². The summed E-state index contributed by atoms with van der Waals surface area (Å²) in [6.07, 6.45) is 1.67. The third-order valence-electron chi connectivity index (χ3n) is 5.06. The highest BCUT2D eigenvalue weighted by atomic mass is 32.2. The van der Waals surface area contributed by atoms with Gasteiger partial charge in [-0.3, -0.25) is 9.36 Å². The minimum Gasteiger partial charge on any atom is -0.269 e. The second-order valence-electron chi connectivity index (χ2n) is 7.20. The number of fused-ring (bicyclic) bond motifs is 2. The molecular formula is C23H17F2N5OS. The van der Waals surface area contributed by atoms with E-state index in [1.54, 1.807) is 60.8 Å². The highest BCUT2D eigenvalue weighted by molar-refractivity contribution is 7.98. The lowest BCUT2D eigenvalue weighted by Crippen LogP contribution is -2.22. The van der Waals surface area contributed by atoms with Crippen LogP contribution in [-0.2, 0) is 5.75 Å². The molecule has 3 heterocycles. The van der Waals surface area contributed by atoms with Crippen molar-refractivity contribution in [1.29, 1.82) is 0 Å². The first-order valence-electron chi connectivity index (χ1n) is 9.84. The maximum Gasteiger partial charge on any atom is 0.320 e. The molecule has 9 heteroatoms. The molecule has 0 unspecified atom stereocenters. The van der Waals surface area contributed by atoms with Gasteiger partial charge in [0.15, 0.2) is 5.16 Å². The van der Waals surface area contributed by atoms with Gasteiger partial charge in [-0.2, -0.15) is 8.78 Å². The number of hydrogen-bond donors (Lipinski definition) is 0. The third-order valence-corrected chi connectivity index (χ3v) is 6.00. The number of aryl methyl sites for hydroxylation is 1. The summed E-state index contributed by atoms with van der Waals surface area (Å²) in [6, 6.07) is 17.4. The Hall–Kier alpha value is -3.59. The molecule has 0 radical (unpaired) electrons. The normalized spacial score (nSPS) is 11.6. The summed E-state index contributed by atoms with van der Waals surface area (Å²) in [5.41, 5.74) is 2.08. The Kier molecular flexibility index (Phi) is 5.18. The molecule has 0 saturated heterocycles. The van der Waals surface area contributed by atoms with E-state index in [9.17, 15) is 13.6 Å². The minimum atomic E-state index is -2.73. The Morgan fingerprint density at radius 3 is 2.47 bits per heavy atom. The summed E-state index contributed by atoms with van der Waals surface area (Å²) in [4.78, 5) is 26.7. The van der Waals surface area contributed by atoms with Crippen LogP contribution in [0.5, 0.6) is 0 Å². The van der Waals surface area contributed by atoms with Gasteiger partial charge in [0.2, 0.25) is 0 Å². The first kappa shape index (κ1) is 20.3. The van der Waals surface area contributed by atoms with Crippen molar-refractivity contribution in [1.82, 2.24) is 24.1 Å². The molecule has 0 amide bonds. The maximum absolute atomic E-state index is 13.8. The fraction of sp³-hybridized carbons (Fsp3) is 0.130. The Morgan fingerprint density at radius 2 is 1.72 bits per heavy atom. The van der Waals surface area contributed by atoms with Crippen molar-refractivity contribution >= 4 is 33.7 Å². The van der Waals surface area contributed by atoms with Gasteiger partial charge < -0.3 is 0 Å². The lowest BCUT2D eigenvalue weighted by atomic mass is 10.2. The molecule has 32 heavy (non-hydrogen) atoms. The SMILES string of the molecule is Cc1ccc(-n2c(SCc3nc4ccccc4n3C(F)F)nc3ccccc3c2=O)nc1. The Bertz CT molecular complexity index is 1490. The van der Waals surface area contributed by atoms with Crippen LogP contribution in [0.2, 0.25) is 0 Å². The van der Waals surface area contributed by atoms with Gasteiger partial charge in [-0.05, 0) is 42.8 Å². The molecule has 5 aromatic rings. The van der Waals surface area contributed by atoms with Crippen molar-refractivity contribution in [3.63, 3.8) is 0 Å². The second kappa shape index (κ2) is 8.16. The van der Waals surface area contributed by atoms with Crippen LogP contribution in [0.15, 0.2) is 76.8 Å². The first-order valence-corrected chi connectivity index (χ1v) is 10.8. The summed E-state index contributed by atoms with van der Waals surface area (Å²) in [6.45, 7) is -0.827. The maximum atomic E-state index is 13.8. The van der Waals surface area contributed by atoms with Gasteiger partial charge in [0.05, 0.1) is 27.7 Å². The highest BCUT2D eigenvalue weighted by Crippen LogP contribution is 2.29. The number of pyridine rings is 1. The molecule has 0 atom stereocenters. The van der Waals surface area contributed by atoms with Gasteiger partial charge in [-0.15, -0.1) is 0 Å². The van der Waals surface area contributed by atoms with Gasteiger partial charge in [0.25, 0.3) is 5.56 Å². The Morgan fingerprint density at radius 1 is 0.969 bits per heavy atom. The molecule has 0 saturated carbocycles. The number of benzene rings is 2. The van der Waals surface area contributed by atoms with Crippen molar-refractivity contribution < 1.29 is 8.78 Å². The average molecular weight is 449 g/mol. The summed E-state index contributed by atoms with van der Waals surface area (Å²) in [7, 11) is 0. The van der Waals surface area contributed by atoms with Gasteiger partial charge in [-0.1, -0.05) is 42.1 Å². The van der Waals surface area contributed by atoms with Gasteiger partial charge in [-0.25, -0.2) is 19.5 Å². The van der Waals surface area contributed by atoms with Crippen LogP contribution in [0.25, 0.3) is 27.8 Å². The number of aromatic nitrogens is 5. The first-order chi connectivity index (χ1) is 15.5. The fourth-order valence-electron chi connectivity index (χ4n) is 3.55. The third kappa shape index (κ3) is 3.54. The zero-order valence-electron chi connectivity index (χ0n) is 16.9. The van der Waals surface area contributed by atoms with E-state index in [2.05, 4.69) is 15.0 Å². The molecule has 6 nitrogen and oxygen atoms in total. The molecule has 0 spiro atoms. The van der Waals surface area contributed by atoms with Gasteiger partial charge in [0.1, 0.15) is 11.6 Å². The monoisotopic (exact) mass is 449 g/mol. The molecule has 5 rings (SSSR count). The number of halogens is 2. The molecule has 0 N–H and O–H groups in total.